The third-order valence-corrected chi connectivity index (χ3v) is 3.70. The summed E-state index contributed by atoms with van der Waals surface area (Å²) < 4.78 is 5.56. The molecule has 0 aliphatic heterocycles. The lowest BCUT2D eigenvalue weighted by molar-refractivity contribution is -0.126. The molecular formula is C15H22N2O2. The summed E-state index contributed by atoms with van der Waals surface area (Å²) >= 11 is 0. The van der Waals surface area contributed by atoms with Crippen LogP contribution in [-0.4, -0.2) is 24.7 Å². The van der Waals surface area contributed by atoms with Crippen LogP contribution in [0.4, 0.5) is 0 Å². The monoisotopic (exact) mass is 262 g/mol. The molecule has 4 nitrogen and oxygen atoms in total. The Kier molecular flexibility index (Phi) is 4.56. The minimum Gasteiger partial charge on any atom is -0.379 e. The van der Waals surface area contributed by atoms with Crippen LogP contribution in [0.25, 0.3) is 0 Å². The van der Waals surface area contributed by atoms with Crippen molar-refractivity contribution in [2.75, 3.05) is 13.2 Å². The fourth-order valence-corrected chi connectivity index (χ4v) is 2.25. The van der Waals surface area contributed by atoms with Crippen LogP contribution in [0.3, 0.4) is 0 Å². The van der Waals surface area contributed by atoms with Crippen molar-refractivity contribution in [3.05, 3.63) is 35.9 Å². The fraction of sp³-hybridized carbons (Fsp3) is 0.533. The van der Waals surface area contributed by atoms with Gasteiger partial charge in [-0.15, -0.1) is 0 Å². The standard InChI is InChI=1S/C15H22N2O2/c16-14(18)15(17,13-8-9-13)11-19-10-4-7-12-5-2-1-3-6-12/h1-3,5-6,13H,4,7-11,17H2,(H2,16,18). The van der Waals surface area contributed by atoms with Gasteiger partial charge in [0.1, 0.15) is 5.54 Å². The normalized spacial score (nSPS) is 17.9. The van der Waals surface area contributed by atoms with Crippen molar-refractivity contribution in [2.24, 2.45) is 17.4 Å². The van der Waals surface area contributed by atoms with E-state index in [0.29, 0.717) is 6.61 Å². The zero-order valence-electron chi connectivity index (χ0n) is 11.2. The molecule has 0 bridgehead atoms. The van der Waals surface area contributed by atoms with Crippen molar-refractivity contribution < 1.29 is 9.53 Å². The SMILES string of the molecule is NC(=O)C(N)(COCCCc1ccccc1)C1CC1. The molecule has 1 unspecified atom stereocenters. The van der Waals surface area contributed by atoms with E-state index in [4.69, 9.17) is 16.2 Å². The maximum absolute atomic E-state index is 11.4. The highest BCUT2D eigenvalue weighted by atomic mass is 16.5. The van der Waals surface area contributed by atoms with E-state index >= 15 is 0 Å². The highest BCUT2D eigenvalue weighted by molar-refractivity contribution is 5.85. The molecule has 1 aliphatic rings. The maximum Gasteiger partial charge on any atom is 0.240 e. The number of primary amides is 1. The largest absolute Gasteiger partial charge is 0.379 e. The van der Waals surface area contributed by atoms with Crippen molar-refractivity contribution in [1.82, 2.24) is 0 Å². The first-order valence-corrected chi connectivity index (χ1v) is 6.83. The molecule has 2 rings (SSSR count). The van der Waals surface area contributed by atoms with Crippen molar-refractivity contribution in [3.63, 3.8) is 0 Å². The molecule has 0 spiro atoms. The first-order chi connectivity index (χ1) is 9.13. The summed E-state index contributed by atoms with van der Waals surface area (Å²) in [5.41, 5.74) is 11.7. The average Bonchev–Trinajstić information content (AvgIpc) is 3.23. The molecule has 1 amide bonds. The number of carbonyl (C=O) groups excluding carboxylic acids is 1. The molecule has 1 atom stereocenters. The van der Waals surface area contributed by atoms with Gasteiger partial charge in [0, 0.05) is 6.61 Å². The van der Waals surface area contributed by atoms with E-state index in [0.717, 1.165) is 25.7 Å². The molecular weight excluding hydrogens is 240 g/mol. The van der Waals surface area contributed by atoms with Gasteiger partial charge in [0.15, 0.2) is 0 Å². The van der Waals surface area contributed by atoms with Crippen LogP contribution in [0.1, 0.15) is 24.8 Å². The van der Waals surface area contributed by atoms with Crippen LogP contribution in [0.5, 0.6) is 0 Å². The number of hydrogen-bond donors (Lipinski definition) is 2. The van der Waals surface area contributed by atoms with Gasteiger partial charge < -0.3 is 16.2 Å². The van der Waals surface area contributed by atoms with Crippen molar-refractivity contribution in [3.8, 4) is 0 Å². The molecule has 1 aliphatic carbocycles. The second-order valence-electron chi connectivity index (χ2n) is 5.32. The Bertz CT molecular complexity index is 417. The Morgan fingerprint density at radius 3 is 2.58 bits per heavy atom. The van der Waals surface area contributed by atoms with Crippen LogP contribution < -0.4 is 11.5 Å². The van der Waals surface area contributed by atoms with Gasteiger partial charge >= 0.3 is 0 Å². The number of rotatable bonds is 8. The van der Waals surface area contributed by atoms with Crippen LogP contribution in [0.15, 0.2) is 30.3 Å². The highest BCUT2D eigenvalue weighted by Crippen LogP contribution is 2.38. The van der Waals surface area contributed by atoms with E-state index in [1.165, 1.54) is 5.56 Å². The van der Waals surface area contributed by atoms with Crippen LogP contribution >= 0.6 is 0 Å². The van der Waals surface area contributed by atoms with Gasteiger partial charge in [-0.1, -0.05) is 30.3 Å². The summed E-state index contributed by atoms with van der Waals surface area (Å²) in [4.78, 5) is 11.4. The number of benzene rings is 1. The zero-order chi connectivity index (χ0) is 13.7. The molecule has 1 aromatic carbocycles. The van der Waals surface area contributed by atoms with Gasteiger partial charge in [-0.05, 0) is 37.2 Å². The van der Waals surface area contributed by atoms with Gasteiger partial charge in [-0.2, -0.15) is 0 Å². The summed E-state index contributed by atoms with van der Waals surface area (Å²) in [6.07, 6.45) is 3.85. The average molecular weight is 262 g/mol. The second-order valence-corrected chi connectivity index (χ2v) is 5.32. The Morgan fingerprint density at radius 2 is 2.00 bits per heavy atom. The van der Waals surface area contributed by atoms with E-state index in [1.54, 1.807) is 0 Å². The quantitative estimate of drug-likeness (QED) is 0.692. The molecule has 104 valence electrons. The molecule has 4 N–H and O–H groups in total. The van der Waals surface area contributed by atoms with E-state index in [1.807, 2.05) is 18.2 Å². The van der Waals surface area contributed by atoms with E-state index in [-0.39, 0.29) is 12.5 Å². The molecule has 1 saturated carbocycles. The lowest BCUT2D eigenvalue weighted by atomic mass is 9.95. The number of amides is 1. The third-order valence-electron chi connectivity index (χ3n) is 3.70. The molecule has 0 aromatic heterocycles. The maximum atomic E-state index is 11.4. The van der Waals surface area contributed by atoms with Crippen LogP contribution in [0, 0.1) is 5.92 Å². The number of aryl methyl sites for hydroxylation is 1. The topological polar surface area (TPSA) is 78.3 Å². The second kappa shape index (κ2) is 6.17. The molecule has 0 heterocycles. The number of nitrogens with two attached hydrogens (primary N) is 2. The summed E-state index contributed by atoms with van der Waals surface area (Å²) in [6.45, 7) is 0.843. The lowest BCUT2D eigenvalue weighted by Crippen LogP contribution is -2.57. The smallest absolute Gasteiger partial charge is 0.240 e. The molecule has 19 heavy (non-hydrogen) atoms. The minimum atomic E-state index is -0.966. The van der Waals surface area contributed by atoms with Gasteiger partial charge in [-0.25, -0.2) is 0 Å². The Morgan fingerprint density at radius 1 is 1.32 bits per heavy atom. The van der Waals surface area contributed by atoms with Gasteiger partial charge in [0.2, 0.25) is 5.91 Å². The van der Waals surface area contributed by atoms with E-state index < -0.39 is 11.4 Å². The first-order valence-electron chi connectivity index (χ1n) is 6.83. The van der Waals surface area contributed by atoms with Gasteiger partial charge in [-0.3, -0.25) is 4.79 Å². The highest BCUT2D eigenvalue weighted by Gasteiger charge is 2.47. The Labute approximate surface area is 114 Å². The molecule has 4 heteroatoms. The van der Waals surface area contributed by atoms with E-state index in [9.17, 15) is 4.79 Å². The van der Waals surface area contributed by atoms with Crippen LogP contribution in [0.2, 0.25) is 0 Å². The zero-order valence-corrected chi connectivity index (χ0v) is 11.2. The molecule has 0 saturated heterocycles. The first kappa shape index (κ1) is 14.0. The van der Waals surface area contributed by atoms with Gasteiger partial charge in [0.05, 0.1) is 6.61 Å². The summed E-state index contributed by atoms with van der Waals surface area (Å²) in [6, 6.07) is 10.3. The van der Waals surface area contributed by atoms with Gasteiger partial charge in [0.25, 0.3) is 0 Å². The summed E-state index contributed by atoms with van der Waals surface area (Å²) in [7, 11) is 0. The number of hydrogen-bond acceptors (Lipinski definition) is 3. The summed E-state index contributed by atoms with van der Waals surface area (Å²) in [5.74, 6) is -0.239. The minimum absolute atomic E-state index is 0.208. The number of carbonyl (C=O) groups is 1. The van der Waals surface area contributed by atoms with Crippen molar-refractivity contribution in [2.45, 2.75) is 31.2 Å². The van der Waals surface area contributed by atoms with Crippen LogP contribution in [-0.2, 0) is 16.0 Å². The molecule has 1 aromatic rings. The Balaban J connectivity index is 1.67. The fourth-order valence-electron chi connectivity index (χ4n) is 2.25. The Hall–Kier alpha value is -1.39. The number of ether oxygens (including phenoxy) is 1. The predicted octanol–water partition coefficient (Wildman–Crippen LogP) is 1.23. The molecule has 1 fully saturated rings. The van der Waals surface area contributed by atoms with Crippen molar-refractivity contribution >= 4 is 5.91 Å². The van der Waals surface area contributed by atoms with Crippen molar-refractivity contribution in [1.29, 1.82) is 0 Å². The lowest BCUT2D eigenvalue weighted by Gasteiger charge is -2.25. The predicted molar refractivity (Wildman–Crippen MR) is 74.4 cm³/mol. The molecule has 0 radical (unpaired) electrons. The summed E-state index contributed by atoms with van der Waals surface area (Å²) in [5, 5.41) is 0. The van der Waals surface area contributed by atoms with E-state index in [2.05, 4.69) is 12.1 Å². The third kappa shape index (κ3) is 3.78.